The summed E-state index contributed by atoms with van der Waals surface area (Å²) >= 11 is 0. The fourth-order valence-corrected chi connectivity index (χ4v) is 1.94. The number of hydrogen-bond donors (Lipinski definition) is 2. The van der Waals surface area contributed by atoms with Gasteiger partial charge in [-0.15, -0.1) is 0 Å². The second kappa shape index (κ2) is 4.17. The third kappa shape index (κ3) is 3.54. The van der Waals surface area contributed by atoms with Crippen LogP contribution in [0.25, 0.3) is 0 Å². The lowest BCUT2D eigenvalue weighted by Gasteiger charge is -2.29. The van der Waals surface area contributed by atoms with Crippen LogP contribution in [-0.4, -0.2) is 23.8 Å². The van der Waals surface area contributed by atoms with Gasteiger partial charge < -0.3 is 15.8 Å². The summed E-state index contributed by atoms with van der Waals surface area (Å²) < 4.78 is 5.05. The van der Waals surface area contributed by atoms with Crippen LogP contribution in [0.4, 0.5) is 4.79 Å². The van der Waals surface area contributed by atoms with Gasteiger partial charge in [0, 0.05) is 11.6 Å². The quantitative estimate of drug-likeness (QED) is 0.708. The van der Waals surface area contributed by atoms with Gasteiger partial charge in [0.05, 0.1) is 0 Å². The fourth-order valence-electron chi connectivity index (χ4n) is 1.94. The van der Waals surface area contributed by atoms with E-state index in [0.717, 1.165) is 19.3 Å². The third-order valence-electron chi connectivity index (χ3n) is 2.34. The molecule has 14 heavy (non-hydrogen) atoms. The van der Waals surface area contributed by atoms with Crippen LogP contribution in [0.1, 0.15) is 40.0 Å². The molecule has 3 N–H and O–H groups in total. The molecule has 0 aromatic heterocycles. The summed E-state index contributed by atoms with van der Waals surface area (Å²) in [7, 11) is 0. The van der Waals surface area contributed by atoms with Crippen LogP contribution >= 0.6 is 0 Å². The van der Waals surface area contributed by atoms with Crippen LogP contribution in [0.3, 0.4) is 0 Å². The Balaban J connectivity index is 2.47. The van der Waals surface area contributed by atoms with Crippen molar-refractivity contribution >= 4 is 6.09 Å². The Morgan fingerprint density at radius 2 is 2.07 bits per heavy atom. The average molecular weight is 200 g/mol. The van der Waals surface area contributed by atoms with E-state index in [2.05, 4.69) is 26.1 Å². The van der Waals surface area contributed by atoms with Gasteiger partial charge in [-0.25, -0.2) is 4.79 Å². The molecule has 0 heterocycles. The van der Waals surface area contributed by atoms with E-state index in [1.807, 2.05) is 0 Å². The molecule has 0 spiro atoms. The Bertz CT molecular complexity index is 211. The predicted molar refractivity (Wildman–Crippen MR) is 55.0 cm³/mol. The highest BCUT2D eigenvalue weighted by Crippen LogP contribution is 2.23. The third-order valence-corrected chi connectivity index (χ3v) is 2.34. The molecular weight excluding hydrogens is 180 g/mol. The fraction of sp³-hybridized carbons (Fsp3) is 0.900. The van der Waals surface area contributed by atoms with E-state index in [1.54, 1.807) is 0 Å². The van der Waals surface area contributed by atoms with E-state index < -0.39 is 6.09 Å². The first-order valence-corrected chi connectivity index (χ1v) is 5.12. The first-order valence-electron chi connectivity index (χ1n) is 5.12. The van der Waals surface area contributed by atoms with Crippen molar-refractivity contribution < 1.29 is 9.53 Å². The maximum atomic E-state index is 10.6. The van der Waals surface area contributed by atoms with Gasteiger partial charge >= 0.3 is 6.09 Å². The summed E-state index contributed by atoms with van der Waals surface area (Å²) in [4.78, 5) is 10.6. The lowest BCUT2D eigenvalue weighted by atomic mass is 10.1. The number of carbonyl (C=O) groups is 1. The number of carbonyl (C=O) groups excluding carboxylic acids is 1. The maximum Gasteiger partial charge on any atom is 0.404 e. The normalized spacial score (nSPS) is 27.6. The van der Waals surface area contributed by atoms with Crippen LogP contribution in [0, 0.1) is 0 Å². The average Bonchev–Trinajstić information content (AvgIpc) is 2.32. The minimum absolute atomic E-state index is 0.0493. The summed E-state index contributed by atoms with van der Waals surface area (Å²) in [5.74, 6) is 0. The Labute approximate surface area is 85.2 Å². The van der Waals surface area contributed by atoms with E-state index in [4.69, 9.17) is 10.5 Å². The molecule has 1 aliphatic rings. The molecule has 0 aromatic carbocycles. The van der Waals surface area contributed by atoms with E-state index >= 15 is 0 Å². The molecule has 0 aromatic rings. The highest BCUT2D eigenvalue weighted by Gasteiger charge is 2.32. The van der Waals surface area contributed by atoms with Gasteiger partial charge in [0.2, 0.25) is 0 Å². The first kappa shape index (κ1) is 11.3. The van der Waals surface area contributed by atoms with Crippen molar-refractivity contribution in [1.29, 1.82) is 0 Å². The largest absolute Gasteiger partial charge is 0.445 e. The number of hydrogen-bond acceptors (Lipinski definition) is 3. The van der Waals surface area contributed by atoms with E-state index in [-0.39, 0.29) is 17.7 Å². The number of rotatable bonds is 2. The van der Waals surface area contributed by atoms with Crippen molar-refractivity contribution in [2.75, 3.05) is 0 Å². The summed E-state index contributed by atoms with van der Waals surface area (Å²) in [5, 5.41) is 3.44. The molecular formula is C10H20N2O2. The SMILES string of the molecule is CC(C)(C)NC1CCCC1OC(N)=O. The molecule has 2 atom stereocenters. The molecule has 4 nitrogen and oxygen atoms in total. The highest BCUT2D eigenvalue weighted by molar-refractivity contribution is 5.64. The van der Waals surface area contributed by atoms with Gasteiger partial charge in [0.25, 0.3) is 0 Å². The lowest BCUT2D eigenvalue weighted by molar-refractivity contribution is 0.0869. The topological polar surface area (TPSA) is 64.3 Å². The molecule has 0 bridgehead atoms. The van der Waals surface area contributed by atoms with Crippen LogP contribution in [0.2, 0.25) is 0 Å². The van der Waals surface area contributed by atoms with Crippen molar-refractivity contribution in [3.8, 4) is 0 Å². The van der Waals surface area contributed by atoms with Crippen molar-refractivity contribution in [3.63, 3.8) is 0 Å². The second-order valence-electron chi connectivity index (χ2n) is 4.91. The number of primary amides is 1. The standard InChI is InChI=1S/C10H20N2O2/c1-10(2,3)12-7-5-4-6-8(7)14-9(11)13/h7-8,12H,4-6H2,1-3H3,(H2,11,13). The van der Waals surface area contributed by atoms with Crippen molar-refractivity contribution in [2.45, 2.75) is 57.7 Å². The molecule has 82 valence electrons. The van der Waals surface area contributed by atoms with Gasteiger partial charge in [-0.1, -0.05) is 0 Å². The lowest BCUT2D eigenvalue weighted by Crippen LogP contribution is -2.48. The van der Waals surface area contributed by atoms with Crippen molar-refractivity contribution in [1.82, 2.24) is 5.32 Å². The van der Waals surface area contributed by atoms with Crippen molar-refractivity contribution in [2.24, 2.45) is 5.73 Å². The molecule has 0 saturated heterocycles. The molecule has 0 radical (unpaired) electrons. The zero-order valence-corrected chi connectivity index (χ0v) is 9.17. The molecule has 4 heteroatoms. The monoisotopic (exact) mass is 200 g/mol. The Hall–Kier alpha value is -0.770. The molecule has 1 aliphatic carbocycles. The van der Waals surface area contributed by atoms with Gasteiger partial charge in [0.15, 0.2) is 0 Å². The van der Waals surface area contributed by atoms with Crippen LogP contribution in [0.5, 0.6) is 0 Å². The van der Waals surface area contributed by atoms with Gasteiger partial charge in [0.1, 0.15) is 6.10 Å². The first-order chi connectivity index (χ1) is 6.38. The Morgan fingerprint density at radius 3 is 2.57 bits per heavy atom. The zero-order valence-electron chi connectivity index (χ0n) is 9.17. The van der Waals surface area contributed by atoms with Gasteiger partial charge in [-0.05, 0) is 40.0 Å². The van der Waals surface area contributed by atoms with Crippen LogP contribution in [-0.2, 0) is 4.74 Å². The summed E-state index contributed by atoms with van der Waals surface area (Å²) in [6, 6.07) is 0.252. The predicted octanol–water partition coefficient (Wildman–Crippen LogP) is 1.39. The Kier molecular flexibility index (Phi) is 3.37. The van der Waals surface area contributed by atoms with Crippen LogP contribution < -0.4 is 11.1 Å². The van der Waals surface area contributed by atoms with Crippen molar-refractivity contribution in [3.05, 3.63) is 0 Å². The smallest absolute Gasteiger partial charge is 0.404 e. The van der Waals surface area contributed by atoms with Crippen LogP contribution in [0.15, 0.2) is 0 Å². The second-order valence-corrected chi connectivity index (χ2v) is 4.91. The highest BCUT2D eigenvalue weighted by atomic mass is 16.6. The summed E-state index contributed by atoms with van der Waals surface area (Å²) in [5.41, 5.74) is 5.06. The summed E-state index contributed by atoms with van der Waals surface area (Å²) in [6.07, 6.45) is 2.33. The minimum Gasteiger partial charge on any atom is -0.445 e. The number of ether oxygens (including phenoxy) is 1. The Morgan fingerprint density at radius 1 is 1.43 bits per heavy atom. The zero-order chi connectivity index (χ0) is 10.8. The minimum atomic E-state index is -0.669. The van der Waals surface area contributed by atoms with Gasteiger partial charge in [-0.2, -0.15) is 0 Å². The summed E-state index contributed by atoms with van der Waals surface area (Å²) in [6.45, 7) is 6.31. The van der Waals surface area contributed by atoms with E-state index in [0.29, 0.717) is 0 Å². The number of nitrogens with two attached hydrogens (primary N) is 1. The van der Waals surface area contributed by atoms with E-state index in [9.17, 15) is 4.79 Å². The number of amides is 1. The number of nitrogens with one attached hydrogen (secondary N) is 1. The maximum absolute atomic E-state index is 10.6. The molecule has 2 unspecified atom stereocenters. The molecule has 1 amide bonds. The molecule has 1 saturated carbocycles. The molecule has 1 fully saturated rings. The molecule has 0 aliphatic heterocycles. The molecule has 1 rings (SSSR count). The van der Waals surface area contributed by atoms with Gasteiger partial charge in [-0.3, -0.25) is 0 Å². The van der Waals surface area contributed by atoms with E-state index in [1.165, 1.54) is 0 Å².